The predicted molar refractivity (Wildman–Crippen MR) is 75.3 cm³/mol. The van der Waals surface area contributed by atoms with Crippen LogP contribution < -0.4 is 10.1 Å². The molecule has 2 heterocycles. The molecule has 4 nitrogen and oxygen atoms in total. The second kappa shape index (κ2) is 5.47. The van der Waals surface area contributed by atoms with E-state index in [9.17, 15) is 0 Å². The van der Waals surface area contributed by atoms with Crippen LogP contribution in [0.3, 0.4) is 0 Å². The molecule has 2 fully saturated rings. The largest absolute Gasteiger partial charge is 0.481 e. The Bertz CT molecular complexity index is 416. The summed E-state index contributed by atoms with van der Waals surface area (Å²) in [5.41, 5.74) is 1.34. The van der Waals surface area contributed by atoms with Crippen molar-refractivity contribution < 1.29 is 4.74 Å². The molecular weight excluding hydrogens is 238 g/mol. The van der Waals surface area contributed by atoms with Gasteiger partial charge in [0.2, 0.25) is 5.88 Å². The Kier molecular flexibility index (Phi) is 3.71. The van der Waals surface area contributed by atoms with Gasteiger partial charge in [-0.25, -0.2) is 4.98 Å². The van der Waals surface area contributed by atoms with E-state index in [0.717, 1.165) is 12.6 Å². The summed E-state index contributed by atoms with van der Waals surface area (Å²) >= 11 is 0. The fourth-order valence-corrected chi connectivity index (χ4v) is 3.33. The molecule has 1 N–H and O–H groups in total. The quantitative estimate of drug-likeness (QED) is 0.877. The third kappa shape index (κ3) is 2.60. The molecule has 3 rings (SSSR count). The van der Waals surface area contributed by atoms with Gasteiger partial charge in [0.1, 0.15) is 0 Å². The van der Waals surface area contributed by atoms with Gasteiger partial charge in [-0.2, -0.15) is 0 Å². The summed E-state index contributed by atoms with van der Waals surface area (Å²) in [6.45, 7) is 2.31. The van der Waals surface area contributed by atoms with Crippen molar-refractivity contribution in [2.24, 2.45) is 5.92 Å². The van der Waals surface area contributed by atoms with E-state index in [-0.39, 0.29) is 0 Å². The Morgan fingerprint density at radius 2 is 2.21 bits per heavy atom. The van der Waals surface area contributed by atoms with Gasteiger partial charge in [-0.3, -0.25) is 4.90 Å². The molecule has 0 bridgehead atoms. The van der Waals surface area contributed by atoms with E-state index in [0.29, 0.717) is 17.8 Å². The molecule has 1 aliphatic heterocycles. The summed E-state index contributed by atoms with van der Waals surface area (Å²) in [4.78, 5) is 7.07. The van der Waals surface area contributed by atoms with Gasteiger partial charge in [-0.15, -0.1) is 0 Å². The normalized spacial score (nSPS) is 27.7. The first-order valence-electron chi connectivity index (χ1n) is 7.23. The maximum Gasteiger partial charge on any atom is 0.212 e. The number of ether oxygens (including phenoxy) is 1. The van der Waals surface area contributed by atoms with Crippen LogP contribution in [0.4, 0.5) is 0 Å². The van der Waals surface area contributed by atoms with Gasteiger partial charge in [0.05, 0.1) is 7.11 Å². The van der Waals surface area contributed by atoms with Crippen LogP contribution in [-0.4, -0.2) is 43.2 Å². The molecule has 2 unspecified atom stereocenters. The summed E-state index contributed by atoms with van der Waals surface area (Å²) in [5.74, 6) is 1.39. The standard InChI is InChI=1S/C15H23N3O/c1-16-9-12-7-8-18(13-4-5-13)15(12)11-3-6-14(19-2)17-10-11/h3,6,10,12-13,15-16H,4-5,7-9H2,1-2H3. The van der Waals surface area contributed by atoms with E-state index in [1.54, 1.807) is 7.11 Å². The lowest BCUT2D eigenvalue weighted by molar-refractivity contribution is 0.217. The van der Waals surface area contributed by atoms with Gasteiger partial charge >= 0.3 is 0 Å². The zero-order valence-corrected chi connectivity index (χ0v) is 11.8. The molecule has 1 aromatic rings. The summed E-state index contributed by atoms with van der Waals surface area (Å²) < 4.78 is 5.16. The second-order valence-electron chi connectivity index (χ2n) is 5.65. The highest BCUT2D eigenvalue weighted by molar-refractivity contribution is 5.23. The number of hydrogen-bond acceptors (Lipinski definition) is 4. The van der Waals surface area contributed by atoms with Crippen molar-refractivity contribution >= 4 is 0 Å². The van der Waals surface area contributed by atoms with Crippen LogP contribution >= 0.6 is 0 Å². The second-order valence-corrected chi connectivity index (χ2v) is 5.65. The van der Waals surface area contributed by atoms with Crippen molar-refractivity contribution in [3.63, 3.8) is 0 Å². The highest BCUT2D eigenvalue weighted by Gasteiger charge is 2.42. The molecule has 2 atom stereocenters. The van der Waals surface area contributed by atoms with Crippen molar-refractivity contribution in [1.82, 2.24) is 15.2 Å². The summed E-state index contributed by atoms with van der Waals surface area (Å²) in [5, 5.41) is 3.34. The Morgan fingerprint density at radius 1 is 1.37 bits per heavy atom. The van der Waals surface area contributed by atoms with Gasteiger partial charge in [0.15, 0.2) is 0 Å². The van der Waals surface area contributed by atoms with Crippen molar-refractivity contribution in [3.05, 3.63) is 23.9 Å². The van der Waals surface area contributed by atoms with Crippen LogP contribution in [0.1, 0.15) is 30.9 Å². The summed E-state index contributed by atoms with van der Waals surface area (Å²) in [6.07, 6.45) is 6.01. The molecular formula is C15H23N3O. The summed E-state index contributed by atoms with van der Waals surface area (Å²) in [7, 11) is 3.71. The fraction of sp³-hybridized carbons (Fsp3) is 0.667. The Morgan fingerprint density at radius 3 is 2.79 bits per heavy atom. The predicted octanol–water partition coefficient (Wildman–Crippen LogP) is 1.83. The molecule has 4 heteroatoms. The zero-order valence-electron chi connectivity index (χ0n) is 11.8. The van der Waals surface area contributed by atoms with E-state index >= 15 is 0 Å². The molecule has 0 radical (unpaired) electrons. The van der Waals surface area contributed by atoms with Crippen LogP contribution in [0.15, 0.2) is 18.3 Å². The van der Waals surface area contributed by atoms with Gasteiger partial charge in [-0.05, 0) is 50.9 Å². The van der Waals surface area contributed by atoms with E-state index < -0.39 is 0 Å². The zero-order chi connectivity index (χ0) is 13.2. The third-order valence-electron chi connectivity index (χ3n) is 4.35. The van der Waals surface area contributed by atoms with Crippen LogP contribution in [0.2, 0.25) is 0 Å². The number of hydrogen-bond donors (Lipinski definition) is 1. The minimum Gasteiger partial charge on any atom is -0.481 e. The number of pyridine rings is 1. The first-order valence-corrected chi connectivity index (χ1v) is 7.23. The Labute approximate surface area is 115 Å². The number of methoxy groups -OCH3 is 1. The van der Waals surface area contributed by atoms with Crippen LogP contribution in [0, 0.1) is 5.92 Å². The smallest absolute Gasteiger partial charge is 0.212 e. The van der Waals surface area contributed by atoms with Crippen LogP contribution in [0.25, 0.3) is 0 Å². The molecule has 0 amide bonds. The molecule has 1 aromatic heterocycles. The lowest BCUT2D eigenvalue weighted by Crippen LogP contribution is -2.30. The third-order valence-corrected chi connectivity index (χ3v) is 4.35. The summed E-state index contributed by atoms with van der Waals surface area (Å²) in [6, 6.07) is 5.50. The topological polar surface area (TPSA) is 37.4 Å². The lowest BCUT2D eigenvalue weighted by atomic mass is 9.94. The van der Waals surface area contributed by atoms with Gasteiger partial charge < -0.3 is 10.1 Å². The molecule has 2 aliphatic rings. The molecule has 0 spiro atoms. The first kappa shape index (κ1) is 12.9. The molecule has 1 aliphatic carbocycles. The van der Waals surface area contributed by atoms with E-state index in [1.807, 2.05) is 19.3 Å². The fourth-order valence-electron chi connectivity index (χ4n) is 3.33. The average Bonchev–Trinajstić information content (AvgIpc) is 3.21. The van der Waals surface area contributed by atoms with E-state index in [4.69, 9.17) is 4.74 Å². The van der Waals surface area contributed by atoms with Crippen molar-refractivity contribution in [2.45, 2.75) is 31.3 Å². The lowest BCUT2D eigenvalue weighted by Gasteiger charge is -2.28. The highest BCUT2D eigenvalue weighted by atomic mass is 16.5. The minimum absolute atomic E-state index is 0.526. The van der Waals surface area contributed by atoms with Crippen molar-refractivity contribution in [1.29, 1.82) is 0 Å². The SMILES string of the molecule is CNCC1CCN(C2CC2)C1c1ccc(OC)nc1. The van der Waals surface area contributed by atoms with Crippen molar-refractivity contribution in [3.8, 4) is 5.88 Å². The number of likely N-dealkylation sites (tertiary alicyclic amines) is 1. The van der Waals surface area contributed by atoms with Gasteiger partial charge in [0.25, 0.3) is 0 Å². The monoisotopic (exact) mass is 261 g/mol. The molecule has 1 saturated heterocycles. The van der Waals surface area contributed by atoms with Crippen LogP contribution in [0.5, 0.6) is 5.88 Å². The highest BCUT2D eigenvalue weighted by Crippen LogP contribution is 2.43. The number of rotatable bonds is 5. The molecule has 1 saturated carbocycles. The average molecular weight is 261 g/mol. The first-order chi connectivity index (χ1) is 9.33. The van der Waals surface area contributed by atoms with Crippen LogP contribution in [-0.2, 0) is 0 Å². The number of nitrogens with zero attached hydrogens (tertiary/aromatic N) is 2. The van der Waals surface area contributed by atoms with E-state index in [1.165, 1.54) is 31.4 Å². The molecule has 104 valence electrons. The van der Waals surface area contributed by atoms with Gasteiger partial charge in [-0.1, -0.05) is 6.07 Å². The van der Waals surface area contributed by atoms with E-state index in [2.05, 4.69) is 21.3 Å². The molecule has 19 heavy (non-hydrogen) atoms. The Hall–Kier alpha value is -1.13. The van der Waals surface area contributed by atoms with Gasteiger partial charge in [0, 0.05) is 24.3 Å². The van der Waals surface area contributed by atoms with Crippen molar-refractivity contribution in [2.75, 3.05) is 27.2 Å². The number of nitrogens with one attached hydrogen (secondary N) is 1. The number of aromatic nitrogens is 1. The maximum absolute atomic E-state index is 5.16. The molecule has 0 aromatic carbocycles. The maximum atomic E-state index is 5.16. The minimum atomic E-state index is 0.526. The Balaban J connectivity index is 1.82.